The quantitative estimate of drug-likeness (QED) is 0.762. The maximum atomic E-state index is 11.4. The van der Waals surface area contributed by atoms with Crippen LogP contribution in [0.2, 0.25) is 0 Å². The van der Waals surface area contributed by atoms with Crippen LogP contribution < -0.4 is 5.32 Å². The van der Waals surface area contributed by atoms with Crippen LogP contribution >= 0.6 is 0 Å². The molecule has 0 unspecified atom stereocenters. The zero-order chi connectivity index (χ0) is 13.4. The van der Waals surface area contributed by atoms with Crippen LogP contribution in [0.15, 0.2) is 30.3 Å². The molecule has 0 aliphatic heterocycles. The first kappa shape index (κ1) is 14.2. The van der Waals surface area contributed by atoms with Gasteiger partial charge in [-0.3, -0.25) is 4.79 Å². The molecule has 5 heteroatoms. The number of carbonyl (C=O) groups is 2. The molecule has 1 aromatic rings. The molecule has 0 saturated carbocycles. The third-order valence-electron chi connectivity index (χ3n) is 2.26. The fourth-order valence-corrected chi connectivity index (χ4v) is 1.43. The van der Waals surface area contributed by atoms with Crippen molar-refractivity contribution < 1.29 is 19.1 Å². The number of benzene rings is 1. The minimum atomic E-state index is -0.767. The molecule has 5 nitrogen and oxygen atoms in total. The summed E-state index contributed by atoms with van der Waals surface area (Å²) >= 11 is 0. The molecule has 0 fully saturated rings. The molecular weight excluding hydrogens is 234 g/mol. The van der Waals surface area contributed by atoms with Gasteiger partial charge < -0.3 is 14.8 Å². The molecule has 0 bridgehead atoms. The Balaban J connectivity index is 2.42. The summed E-state index contributed by atoms with van der Waals surface area (Å²) in [5, 5.41) is 2.48. The molecule has 0 aromatic heterocycles. The van der Waals surface area contributed by atoms with E-state index in [9.17, 15) is 9.59 Å². The van der Waals surface area contributed by atoms with Crippen LogP contribution in [0.5, 0.6) is 0 Å². The summed E-state index contributed by atoms with van der Waals surface area (Å²) in [5.74, 6) is -0.813. The molecule has 0 spiro atoms. The number of carbonyl (C=O) groups excluding carboxylic acids is 2. The van der Waals surface area contributed by atoms with Crippen molar-refractivity contribution in [1.82, 2.24) is 5.32 Å². The summed E-state index contributed by atoms with van der Waals surface area (Å²) in [6.45, 7) is 1.81. The Morgan fingerprint density at radius 3 is 2.50 bits per heavy atom. The highest BCUT2D eigenvalue weighted by Gasteiger charge is 2.20. The second-order valence-electron chi connectivity index (χ2n) is 3.78. The lowest BCUT2D eigenvalue weighted by atomic mass is 10.2. The Bertz CT molecular complexity index is 391. The molecule has 0 aliphatic rings. The van der Waals surface area contributed by atoms with Gasteiger partial charge in [0.2, 0.25) is 5.91 Å². The predicted octanol–water partition coefficient (Wildman–Crippen LogP) is 0.881. The third kappa shape index (κ3) is 4.97. The molecule has 1 rings (SSSR count). The second kappa shape index (κ2) is 7.45. The summed E-state index contributed by atoms with van der Waals surface area (Å²) < 4.78 is 9.97. The van der Waals surface area contributed by atoms with Gasteiger partial charge in [0.05, 0.1) is 20.3 Å². The number of esters is 1. The number of amides is 1. The minimum Gasteiger partial charge on any atom is -0.467 e. The van der Waals surface area contributed by atoms with E-state index in [4.69, 9.17) is 4.74 Å². The van der Waals surface area contributed by atoms with Crippen molar-refractivity contribution in [2.45, 2.75) is 19.6 Å². The van der Waals surface area contributed by atoms with Crippen molar-refractivity contribution in [1.29, 1.82) is 0 Å². The lowest BCUT2D eigenvalue weighted by Gasteiger charge is -2.15. The Labute approximate surface area is 106 Å². The molecule has 1 aromatic carbocycles. The molecule has 1 N–H and O–H groups in total. The van der Waals surface area contributed by atoms with E-state index < -0.39 is 12.0 Å². The molecule has 0 heterocycles. The van der Waals surface area contributed by atoms with E-state index in [1.807, 2.05) is 30.3 Å². The number of nitrogens with one attached hydrogen (secondary N) is 1. The molecule has 0 saturated heterocycles. The zero-order valence-electron chi connectivity index (χ0n) is 10.5. The zero-order valence-corrected chi connectivity index (χ0v) is 10.5. The van der Waals surface area contributed by atoms with Gasteiger partial charge in [0.1, 0.15) is 0 Å². The number of rotatable bonds is 6. The Hall–Kier alpha value is -1.88. The topological polar surface area (TPSA) is 64.6 Å². The van der Waals surface area contributed by atoms with Crippen molar-refractivity contribution >= 4 is 11.9 Å². The maximum Gasteiger partial charge on any atom is 0.330 e. The van der Waals surface area contributed by atoms with Crippen molar-refractivity contribution in [3.05, 3.63) is 35.9 Å². The van der Waals surface area contributed by atoms with E-state index in [2.05, 4.69) is 10.1 Å². The fraction of sp³-hybridized carbons (Fsp3) is 0.385. The molecule has 18 heavy (non-hydrogen) atoms. The van der Waals surface area contributed by atoms with Gasteiger partial charge in [-0.1, -0.05) is 30.3 Å². The number of hydrogen-bond acceptors (Lipinski definition) is 4. The first-order valence-electron chi connectivity index (χ1n) is 5.60. The van der Waals surface area contributed by atoms with Gasteiger partial charge in [-0.15, -0.1) is 0 Å². The smallest absolute Gasteiger partial charge is 0.330 e. The van der Waals surface area contributed by atoms with Crippen LogP contribution in [0, 0.1) is 0 Å². The Morgan fingerprint density at radius 1 is 1.28 bits per heavy atom. The van der Waals surface area contributed by atoms with Gasteiger partial charge in [-0.2, -0.15) is 0 Å². The number of hydrogen-bond donors (Lipinski definition) is 1. The van der Waals surface area contributed by atoms with Crippen LogP contribution in [0.1, 0.15) is 12.5 Å². The van der Waals surface area contributed by atoms with E-state index in [0.29, 0.717) is 6.61 Å². The van der Waals surface area contributed by atoms with Crippen LogP contribution in [-0.2, 0) is 25.7 Å². The van der Waals surface area contributed by atoms with Gasteiger partial charge in [0, 0.05) is 6.92 Å². The van der Waals surface area contributed by atoms with E-state index in [1.54, 1.807) is 0 Å². The second-order valence-corrected chi connectivity index (χ2v) is 3.78. The standard InChI is InChI=1S/C13H17NO4/c1-10(15)14-12(13(16)17-2)9-18-8-11-6-4-3-5-7-11/h3-7,12H,8-9H2,1-2H3,(H,14,15)/t12-/m1/s1. The van der Waals surface area contributed by atoms with Crippen LogP contribution in [0.25, 0.3) is 0 Å². The molecule has 0 radical (unpaired) electrons. The van der Waals surface area contributed by atoms with Gasteiger partial charge in [0.25, 0.3) is 0 Å². The SMILES string of the molecule is COC(=O)[C@@H](COCc1ccccc1)NC(C)=O. The van der Waals surface area contributed by atoms with E-state index >= 15 is 0 Å². The first-order valence-corrected chi connectivity index (χ1v) is 5.60. The Kier molecular flexibility index (Phi) is 5.87. The average Bonchev–Trinajstić information content (AvgIpc) is 2.37. The van der Waals surface area contributed by atoms with Gasteiger partial charge in [0.15, 0.2) is 6.04 Å². The fourth-order valence-electron chi connectivity index (χ4n) is 1.43. The number of methoxy groups -OCH3 is 1. The summed E-state index contributed by atoms with van der Waals surface area (Å²) in [4.78, 5) is 22.3. The van der Waals surface area contributed by atoms with Gasteiger partial charge in [-0.25, -0.2) is 4.79 Å². The lowest BCUT2D eigenvalue weighted by Crippen LogP contribution is -2.43. The van der Waals surface area contributed by atoms with Crippen LogP contribution in [0.4, 0.5) is 0 Å². The summed E-state index contributed by atoms with van der Waals surface area (Å²) in [6, 6.07) is 8.81. The van der Waals surface area contributed by atoms with Crippen molar-refractivity contribution in [2.24, 2.45) is 0 Å². The maximum absolute atomic E-state index is 11.4. The predicted molar refractivity (Wildman–Crippen MR) is 65.7 cm³/mol. The monoisotopic (exact) mass is 251 g/mol. The molecular formula is C13H17NO4. The summed E-state index contributed by atoms with van der Waals surface area (Å²) in [5.41, 5.74) is 1.00. The largest absolute Gasteiger partial charge is 0.467 e. The number of ether oxygens (including phenoxy) is 2. The van der Waals surface area contributed by atoms with E-state index in [0.717, 1.165) is 5.56 Å². The first-order chi connectivity index (χ1) is 8.63. The Morgan fingerprint density at radius 2 is 1.94 bits per heavy atom. The summed E-state index contributed by atoms with van der Waals surface area (Å²) in [7, 11) is 1.27. The molecule has 1 atom stereocenters. The van der Waals surface area contributed by atoms with Crippen molar-refractivity contribution in [3.63, 3.8) is 0 Å². The normalized spacial score (nSPS) is 11.7. The minimum absolute atomic E-state index is 0.0845. The third-order valence-corrected chi connectivity index (χ3v) is 2.26. The summed E-state index contributed by atoms with van der Waals surface area (Å²) in [6.07, 6.45) is 0. The average molecular weight is 251 g/mol. The molecule has 0 aliphatic carbocycles. The van der Waals surface area contributed by atoms with Crippen molar-refractivity contribution in [2.75, 3.05) is 13.7 Å². The van der Waals surface area contributed by atoms with Crippen molar-refractivity contribution in [3.8, 4) is 0 Å². The highest BCUT2D eigenvalue weighted by molar-refractivity contribution is 5.83. The highest BCUT2D eigenvalue weighted by Crippen LogP contribution is 2.01. The van der Waals surface area contributed by atoms with Crippen LogP contribution in [-0.4, -0.2) is 31.6 Å². The highest BCUT2D eigenvalue weighted by atomic mass is 16.5. The van der Waals surface area contributed by atoms with Gasteiger partial charge >= 0.3 is 5.97 Å². The molecule has 1 amide bonds. The van der Waals surface area contributed by atoms with Crippen LogP contribution in [0.3, 0.4) is 0 Å². The van der Waals surface area contributed by atoms with E-state index in [-0.39, 0.29) is 12.5 Å². The lowest BCUT2D eigenvalue weighted by molar-refractivity contribution is -0.146. The van der Waals surface area contributed by atoms with E-state index in [1.165, 1.54) is 14.0 Å². The molecule has 98 valence electrons. The van der Waals surface area contributed by atoms with Gasteiger partial charge in [-0.05, 0) is 5.56 Å².